The molecular formula is C15H18N2O5S. The molecule has 1 atom stereocenters. The average molecular weight is 338 g/mol. The van der Waals surface area contributed by atoms with E-state index in [1.54, 1.807) is 19.1 Å². The number of thiazole rings is 1. The van der Waals surface area contributed by atoms with Crippen molar-refractivity contribution in [2.24, 2.45) is 0 Å². The predicted octanol–water partition coefficient (Wildman–Crippen LogP) is 1.95. The standard InChI is InChI=1S/C15H18N2O5S/c1-3-21-9-5-6-10-12(7-9)23-15(16-10)17-14(20)11(18)8-13(19)22-4-2/h5-7,11,18H,3-4,8H2,1-2H3,(H,16,17,20). The number of anilines is 1. The highest BCUT2D eigenvalue weighted by atomic mass is 32.1. The second kappa shape index (κ2) is 7.89. The number of benzene rings is 1. The van der Waals surface area contributed by atoms with Crippen LogP contribution in [0.4, 0.5) is 5.13 Å². The number of aromatic nitrogens is 1. The van der Waals surface area contributed by atoms with Gasteiger partial charge in [0.1, 0.15) is 11.9 Å². The van der Waals surface area contributed by atoms with E-state index < -0.39 is 18.0 Å². The molecule has 23 heavy (non-hydrogen) atoms. The number of aliphatic hydroxyl groups excluding tert-OH is 1. The van der Waals surface area contributed by atoms with Crippen LogP contribution in [0.2, 0.25) is 0 Å². The molecule has 0 saturated carbocycles. The molecule has 0 bridgehead atoms. The summed E-state index contributed by atoms with van der Waals surface area (Å²) in [5, 5.41) is 12.6. The number of nitrogens with one attached hydrogen (secondary N) is 1. The van der Waals surface area contributed by atoms with Crippen molar-refractivity contribution < 1.29 is 24.2 Å². The predicted molar refractivity (Wildman–Crippen MR) is 86.7 cm³/mol. The van der Waals surface area contributed by atoms with Crippen LogP contribution in [0.5, 0.6) is 5.75 Å². The van der Waals surface area contributed by atoms with E-state index in [0.29, 0.717) is 17.3 Å². The number of fused-ring (bicyclic) bond motifs is 1. The first-order valence-corrected chi connectivity index (χ1v) is 8.03. The van der Waals surface area contributed by atoms with Crippen LogP contribution in [0, 0.1) is 0 Å². The minimum Gasteiger partial charge on any atom is -0.494 e. The van der Waals surface area contributed by atoms with E-state index in [0.717, 1.165) is 10.4 Å². The molecule has 0 aliphatic carbocycles. The zero-order chi connectivity index (χ0) is 16.8. The summed E-state index contributed by atoms with van der Waals surface area (Å²) in [5.41, 5.74) is 0.716. The molecule has 2 rings (SSSR count). The van der Waals surface area contributed by atoms with E-state index in [4.69, 9.17) is 9.47 Å². The number of hydrogen-bond donors (Lipinski definition) is 2. The van der Waals surface area contributed by atoms with Crippen LogP contribution in [0.15, 0.2) is 18.2 Å². The van der Waals surface area contributed by atoms with E-state index in [9.17, 15) is 14.7 Å². The lowest BCUT2D eigenvalue weighted by molar-refractivity contribution is -0.147. The summed E-state index contributed by atoms with van der Waals surface area (Å²) in [6, 6.07) is 5.43. The van der Waals surface area contributed by atoms with Gasteiger partial charge in [0.05, 0.1) is 29.9 Å². The maximum atomic E-state index is 11.9. The highest BCUT2D eigenvalue weighted by Crippen LogP contribution is 2.29. The number of hydrogen-bond acceptors (Lipinski definition) is 7. The van der Waals surface area contributed by atoms with Gasteiger partial charge in [0.2, 0.25) is 0 Å². The van der Waals surface area contributed by atoms with Crippen LogP contribution in [0.25, 0.3) is 10.2 Å². The van der Waals surface area contributed by atoms with Gasteiger partial charge in [-0.3, -0.25) is 14.9 Å². The second-order valence-electron chi connectivity index (χ2n) is 4.60. The fourth-order valence-electron chi connectivity index (χ4n) is 1.87. The van der Waals surface area contributed by atoms with Crippen molar-refractivity contribution in [3.05, 3.63) is 18.2 Å². The molecule has 0 radical (unpaired) electrons. The number of amides is 1. The number of ether oxygens (including phenoxy) is 2. The van der Waals surface area contributed by atoms with Crippen LogP contribution in [0.3, 0.4) is 0 Å². The molecule has 7 nitrogen and oxygen atoms in total. The minimum absolute atomic E-state index is 0.202. The molecule has 1 amide bonds. The molecule has 0 spiro atoms. The van der Waals surface area contributed by atoms with E-state index in [1.807, 2.05) is 13.0 Å². The molecule has 0 fully saturated rings. The number of nitrogens with zero attached hydrogens (tertiary/aromatic N) is 1. The third kappa shape index (κ3) is 4.64. The van der Waals surface area contributed by atoms with Crippen LogP contribution >= 0.6 is 11.3 Å². The number of carbonyl (C=O) groups is 2. The molecule has 8 heteroatoms. The van der Waals surface area contributed by atoms with Crippen molar-refractivity contribution in [1.29, 1.82) is 0 Å². The Hall–Kier alpha value is -2.19. The normalized spacial score (nSPS) is 12.0. The first-order chi connectivity index (χ1) is 11.0. The molecule has 1 aromatic carbocycles. The topological polar surface area (TPSA) is 97.8 Å². The second-order valence-corrected chi connectivity index (χ2v) is 5.63. The van der Waals surface area contributed by atoms with Crippen LogP contribution in [-0.4, -0.2) is 41.3 Å². The van der Waals surface area contributed by atoms with E-state index in [1.165, 1.54) is 11.3 Å². The molecule has 0 aliphatic rings. The van der Waals surface area contributed by atoms with Gasteiger partial charge in [0.15, 0.2) is 5.13 Å². The van der Waals surface area contributed by atoms with E-state index >= 15 is 0 Å². The maximum absolute atomic E-state index is 11.9. The largest absolute Gasteiger partial charge is 0.494 e. The molecule has 0 saturated heterocycles. The molecule has 2 aromatic rings. The van der Waals surface area contributed by atoms with Crippen molar-refractivity contribution in [2.75, 3.05) is 18.5 Å². The van der Waals surface area contributed by atoms with Gasteiger partial charge in [-0.1, -0.05) is 11.3 Å². The summed E-state index contributed by atoms with van der Waals surface area (Å²) in [6.45, 7) is 4.32. The van der Waals surface area contributed by atoms with Gasteiger partial charge in [-0.25, -0.2) is 4.98 Å². The average Bonchev–Trinajstić information content (AvgIpc) is 2.89. The summed E-state index contributed by atoms with van der Waals surface area (Å²) in [4.78, 5) is 27.4. The molecule has 1 heterocycles. The summed E-state index contributed by atoms with van der Waals surface area (Å²) in [6.07, 6.45) is -1.86. The lowest BCUT2D eigenvalue weighted by Gasteiger charge is -2.08. The Bertz CT molecular complexity index is 700. The zero-order valence-corrected chi connectivity index (χ0v) is 13.7. The third-order valence-corrected chi connectivity index (χ3v) is 3.80. The Morgan fingerprint density at radius 3 is 2.83 bits per heavy atom. The Balaban J connectivity index is 2.03. The SMILES string of the molecule is CCOC(=O)CC(O)C(=O)Nc1nc2ccc(OCC)cc2s1. The Morgan fingerprint density at radius 1 is 1.35 bits per heavy atom. The van der Waals surface area contributed by atoms with Gasteiger partial charge in [-0.05, 0) is 32.0 Å². The minimum atomic E-state index is -1.47. The number of rotatable bonds is 7. The van der Waals surface area contributed by atoms with Gasteiger partial charge in [-0.15, -0.1) is 0 Å². The van der Waals surface area contributed by atoms with E-state index in [-0.39, 0.29) is 13.0 Å². The first kappa shape index (κ1) is 17.2. The fraction of sp³-hybridized carbons (Fsp3) is 0.400. The van der Waals surface area contributed by atoms with Gasteiger partial charge in [-0.2, -0.15) is 0 Å². The van der Waals surface area contributed by atoms with Crippen molar-refractivity contribution in [3.8, 4) is 5.75 Å². The summed E-state index contributed by atoms with van der Waals surface area (Å²) in [5.74, 6) is -0.591. The lowest BCUT2D eigenvalue weighted by Crippen LogP contribution is -2.30. The monoisotopic (exact) mass is 338 g/mol. The first-order valence-electron chi connectivity index (χ1n) is 7.21. The number of carbonyl (C=O) groups excluding carboxylic acids is 2. The van der Waals surface area contributed by atoms with Gasteiger partial charge >= 0.3 is 5.97 Å². The number of esters is 1. The van der Waals surface area contributed by atoms with Crippen LogP contribution in [-0.2, 0) is 14.3 Å². The smallest absolute Gasteiger partial charge is 0.308 e. The number of aliphatic hydroxyl groups is 1. The molecule has 1 aromatic heterocycles. The zero-order valence-electron chi connectivity index (χ0n) is 12.9. The summed E-state index contributed by atoms with van der Waals surface area (Å²) >= 11 is 1.26. The van der Waals surface area contributed by atoms with Gasteiger partial charge in [0.25, 0.3) is 5.91 Å². The molecule has 124 valence electrons. The van der Waals surface area contributed by atoms with Gasteiger partial charge < -0.3 is 14.6 Å². The van der Waals surface area contributed by atoms with Crippen molar-refractivity contribution >= 4 is 38.6 Å². The molecular weight excluding hydrogens is 320 g/mol. The lowest BCUT2D eigenvalue weighted by atomic mass is 10.2. The highest BCUT2D eigenvalue weighted by molar-refractivity contribution is 7.22. The fourth-order valence-corrected chi connectivity index (χ4v) is 2.77. The van der Waals surface area contributed by atoms with Crippen LogP contribution in [0.1, 0.15) is 20.3 Å². The Kier molecular flexibility index (Phi) is 5.89. The van der Waals surface area contributed by atoms with Crippen molar-refractivity contribution in [3.63, 3.8) is 0 Å². The van der Waals surface area contributed by atoms with E-state index in [2.05, 4.69) is 10.3 Å². The Morgan fingerprint density at radius 2 is 2.13 bits per heavy atom. The van der Waals surface area contributed by atoms with Crippen molar-refractivity contribution in [1.82, 2.24) is 4.98 Å². The summed E-state index contributed by atoms with van der Waals surface area (Å²) < 4.78 is 11.0. The molecule has 2 N–H and O–H groups in total. The maximum Gasteiger partial charge on any atom is 0.308 e. The van der Waals surface area contributed by atoms with Crippen LogP contribution < -0.4 is 10.1 Å². The third-order valence-electron chi connectivity index (χ3n) is 2.87. The van der Waals surface area contributed by atoms with Gasteiger partial charge in [0, 0.05) is 0 Å². The summed E-state index contributed by atoms with van der Waals surface area (Å²) in [7, 11) is 0. The molecule has 0 aliphatic heterocycles. The van der Waals surface area contributed by atoms with Crippen molar-refractivity contribution in [2.45, 2.75) is 26.4 Å². The Labute approximate surface area is 137 Å². The molecule has 1 unspecified atom stereocenters. The quantitative estimate of drug-likeness (QED) is 0.749. The highest BCUT2D eigenvalue weighted by Gasteiger charge is 2.21.